The van der Waals surface area contributed by atoms with Gasteiger partial charge in [0, 0.05) is 19.1 Å². The van der Waals surface area contributed by atoms with Crippen molar-refractivity contribution in [2.75, 3.05) is 0 Å². The molecule has 1 fully saturated rings. The number of carboxylic acid groups (broad SMARTS) is 1. The molecular formula is C12H19N3O2. The number of nitrogens with zero attached hydrogens (tertiary/aromatic N) is 2. The van der Waals surface area contributed by atoms with E-state index in [2.05, 4.69) is 24.3 Å². The minimum atomic E-state index is -0.917. The van der Waals surface area contributed by atoms with Gasteiger partial charge in [0.2, 0.25) is 0 Å². The Bertz CT molecular complexity index is 433. The van der Waals surface area contributed by atoms with Crippen LogP contribution in [0.1, 0.15) is 42.7 Å². The number of aromatic carboxylic acids is 1. The minimum absolute atomic E-state index is 0.0695. The Morgan fingerprint density at radius 2 is 2.29 bits per heavy atom. The summed E-state index contributed by atoms with van der Waals surface area (Å²) in [5, 5.41) is 16.5. The average molecular weight is 237 g/mol. The zero-order valence-corrected chi connectivity index (χ0v) is 10.5. The van der Waals surface area contributed by atoms with Crippen LogP contribution in [0.3, 0.4) is 0 Å². The second-order valence-electron chi connectivity index (χ2n) is 5.28. The number of carboxylic acids is 1. The number of carbonyl (C=O) groups is 1. The van der Waals surface area contributed by atoms with E-state index >= 15 is 0 Å². The molecule has 5 nitrogen and oxygen atoms in total. The summed E-state index contributed by atoms with van der Waals surface area (Å²) in [5.41, 5.74) is 1.08. The first kappa shape index (κ1) is 12.1. The quantitative estimate of drug-likeness (QED) is 0.812. The molecule has 1 aliphatic rings. The molecule has 2 rings (SSSR count). The maximum Gasteiger partial charge on any atom is 0.339 e. The maximum absolute atomic E-state index is 11.0. The first-order valence-corrected chi connectivity index (χ1v) is 5.91. The molecule has 1 heterocycles. The molecule has 5 heteroatoms. The third kappa shape index (κ3) is 2.49. The third-order valence-electron chi connectivity index (χ3n) is 3.60. The van der Waals surface area contributed by atoms with E-state index in [1.807, 2.05) is 0 Å². The number of aryl methyl sites for hydroxylation is 1. The Morgan fingerprint density at radius 3 is 2.82 bits per heavy atom. The van der Waals surface area contributed by atoms with Crippen molar-refractivity contribution >= 4 is 5.97 Å². The molecular weight excluding hydrogens is 218 g/mol. The number of nitrogens with one attached hydrogen (secondary N) is 1. The van der Waals surface area contributed by atoms with Crippen LogP contribution in [-0.4, -0.2) is 26.4 Å². The number of hydrogen-bond acceptors (Lipinski definition) is 3. The molecule has 0 bridgehead atoms. The summed E-state index contributed by atoms with van der Waals surface area (Å²) in [7, 11) is 1.77. The van der Waals surface area contributed by atoms with Crippen molar-refractivity contribution < 1.29 is 9.90 Å². The van der Waals surface area contributed by atoms with Gasteiger partial charge >= 0.3 is 5.97 Å². The highest BCUT2D eigenvalue weighted by atomic mass is 16.4. The fraction of sp³-hybridized carbons (Fsp3) is 0.667. The smallest absolute Gasteiger partial charge is 0.339 e. The van der Waals surface area contributed by atoms with Gasteiger partial charge in [0.25, 0.3) is 0 Å². The average Bonchev–Trinajstić information content (AvgIpc) is 3.01. The first-order valence-electron chi connectivity index (χ1n) is 5.91. The van der Waals surface area contributed by atoms with Gasteiger partial charge in [-0.05, 0) is 32.6 Å². The predicted molar refractivity (Wildman–Crippen MR) is 63.8 cm³/mol. The highest BCUT2D eigenvalue weighted by Gasteiger charge is 2.37. The first-order chi connectivity index (χ1) is 7.92. The van der Waals surface area contributed by atoms with E-state index < -0.39 is 5.97 Å². The lowest BCUT2D eigenvalue weighted by Gasteiger charge is -2.26. The Balaban J connectivity index is 2.08. The summed E-state index contributed by atoms with van der Waals surface area (Å²) in [5.74, 6) is -0.205. The molecule has 0 unspecified atom stereocenters. The summed E-state index contributed by atoms with van der Waals surface area (Å²) in [6, 6.07) is 0. The minimum Gasteiger partial charge on any atom is -0.478 e. The van der Waals surface area contributed by atoms with Crippen LogP contribution < -0.4 is 5.32 Å². The Labute approximate surface area is 101 Å². The molecule has 1 aliphatic carbocycles. The SMILES string of the molecule is Cn1ncc(C(=O)O)c1CNC(C)(C)C1CC1. The van der Waals surface area contributed by atoms with Crippen molar-refractivity contribution in [2.24, 2.45) is 13.0 Å². The van der Waals surface area contributed by atoms with Gasteiger partial charge in [0.05, 0.1) is 11.9 Å². The van der Waals surface area contributed by atoms with Gasteiger partial charge in [-0.3, -0.25) is 4.68 Å². The van der Waals surface area contributed by atoms with Crippen molar-refractivity contribution in [1.82, 2.24) is 15.1 Å². The van der Waals surface area contributed by atoms with Crippen LogP contribution in [0.2, 0.25) is 0 Å². The highest BCUT2D eigenvalue weighted by molar-refractivity contribution is 5.88. The maximum atomic E-state index is 11.0. The topological polar surface area (TPSA) is 67.2 Å². The molecule has 2 N–H and O–H groups in total. The molecule has 0 saturated heterocycles. The van der Waals surface area contributed by atoms with E-state index in [4.69, 9.17) is 5.11 Å². The Hall–Kier alpha value is -1.36. The number of hydrogen-bond donors (Lipinski definition) is 2. The third-order valence-corrected chi connectivity index (χ3v) is 3.60. The van der Waals surface area contributed by atoms with Gasteiger partial charge in [-0.25, -0.2) is 4.79 Å². The van der Waals surface area contributed by atoms with Gasteiger partial charge in [0.15, 0.2) is 0 Å². The van der Waals surface area contributed by atoms with E-state index in [1.165, 1.54) is 19.0 Å². The zero-order valence-electron chi connectivity index (χ0n) is 10.5. The monoisotopic (exact) mass is 237 g/mol. The molecule has 1 aromatic heterocycles. The highest BCUT2D eigenvalue weighted by Crippen LogP contribution is 2.39. The van der Waals surface area contributed by atoms with E-state index in [-0.39, 0.29) is 11.1 Å². The van der Waals surface area contributed by atoms with Crippen LogP contribution in [0, 0.1) is 5.92 Å². The van der Waals surface area contributed by atoms with Gasteiger partial charge < -0.3 is 10.4 Å². The number of rotatable bonds is 5. The number of aromatic nitrogens is 2. The Kier molecular flexibility index (Phi) is 2.95. The van der Waals surface area contributed by atoms with E-state index in [1.54, 1.807) is 11.7 Å². The largest absolute Gasteiger partial charge is 0.478 e. The fourth-order valence-corrected chi connectivity index (χ4v) is 2.11. The molecule has 0 radical (unpaired) electrons. The van der Waals surface area contributed by atoms with Crippen LogP contribution >= 0.6 is 0 Å². The molecule has 0 spiro atoms. The van der Waals surface area contributed by atoms with Crippen LogP contribution in [0.15, 0.2) is 6.20 Å². The second-order valence-corrected chi connectivity index (χ2v) is 5.28. The van der Waals surface area contributed by atoms with Gasteiger partial charge in [-0.2, -0.15) is 5.10 Å². The Morgan fingerprint density at radius 1 is 1.65 bits per heavy atom. The van der Waals surface area contributed by atoms with Crippen LogP contribution in [0.25, 0.3) is 0 Å². The summed E-state index contributed by atoms with van der Waals surface area (Å²) >= 11 is 0. The van der Waals surface area contributed by atoms with E-state index in [9.17, 15) is 4.79 Å². The van der Waals surface area contributed by atoms with Crippen molar-refractivity contribution in [3.63, 3.8) is 0 Å². The van der Waals surface area contributed by atoms with Crippen molar-refractivity contribution in [2.45, 2.75) is 38.8 Å². The van der Waals surface area contributed by atoms with Crippen molar-refractivity contribution in [3.05, 3.63) is 17.5 Å². The summed E-state index contributed by atoms with van der Waals surface area (Å²) < 4.78 is 1.62. The molecule has 17 heavy (non-hydrogen) atoms. The van der Waals surface area contributed by atoms with Gasteiger partial charge in [0.1, 0.15) is 5.56 Å². The van der Waals surface area contributed by atoms with Crippen molar-refractivity contribution in [3.8, 4) is 0 Å². The molecule has 0 amide bonds. The summed E-state index contributed by atoms with van der Waals surface area (Å²) in [6.45, 7) is 4.88. The van der Waals surface area contributed by atoms with Crippen molar-refractivity contribution in [1.29, 1.82) is 0 Å². The lowest BCUT2D eigenvalue weighted by atomic mass is 9.98. The fourth-order valence-electron chi connectivity index (χ4n) is 2.11. The van der Waals surface area contributed by atoms with Crippen LogP contribution in [-0.2, 0) is 13.6 Å². The van der Waals surface area contributed by atoms with Crippen LogP contribution in [0.4, 0.5) is 0 Å². The molecule has 1 aromatic rings. The van der Waals surface area contributed by atoms with Gasteiger partial charge in [-0.1, -0.05) is 0 Å². The van der Waals surface area contributed by atoms with E-state index in [0.29, 0.717) is 12.5 Å². The zero-order chi connectivity index (χ0) is 12.6. The standard InChI is InChI=1S/C12H19N3O2/c1-12(2,8-4-5-8)13-7-10-9(11(16)17)6-14-15(10)3/h6,8,13H,4-5,7H2,1-3H3,(H,16,17). The lowest BCUT2D eigenvalue weighted by molar-refractivity contribution is 0.0695. The molecule has 94 valence electrons. The molecule has 1 saturated carbocycles. The second kappa shape index (κ2) is 4.14. The molecule has 0 aliphatic heterocycles. The normalized spacial score (nSPS) is 16.2. The van der Waals surface area contributed by atoms with E-state index in [0.717, 1.165) is 5.69 Å². The molecule has 0 atom stereocenters. The lowest BCUT2D eigenvalue weighted by Crippen LogP contribution is -2.41. The van der Waals surface area contributed by atoms with Crippen LogP contribution in [0.5, 0.6) is 0 Å². The summed E-state index contributed by atoms with van der Waals surface area (Å²) in [6.07, 6.45) is 3.93. The summed E-state index contributed by atoms with van der Waals surface area (Å²) in [4.78, 5) is 11.0. The molecule has 0 aromatic carbocycles. The predicted octanol–water partition coefficient (Wildman–Crippen LogP) is 1.40. The van der Waals surface area contributed by atoms with Gasteiger partial charge in [-0.15, -0.1) is 0 Å².